The highest BCUT2D eigenvalue weighted by atomic mass is 79.9. The first-order chi connectivity index (χ1) is 15.9. The number of carbonyl (C=O) groups excluding carboxylic acids is 1. The Morgan fingerprint density at radius 1 is 1.06 bits per heavy atom. The van der Waals surface area contributed by atoms with E-state index in [1.54, 1.807) is 18.2 Å². The van der Waals surface area contributed by atoms with Gasteiger partial charge in [0.25, 0.3) is 5.91 Å². The largest absolute Gasteiger partial charge is 0.490 e. The molecule has 3 rings (SSSR count). The molecular weight excluding hydrogens is 480 g/mol. The van der Waals surface area contributed by atoms with E-state index >= 15 is 0 Å². The molecule has 1 N–H and O–H groups in total. The fourth-order valence-corrected chi connectivity index (χ4v) is 3.53. The van der Waals surface area contributed by atoms with Crippen LogP contribution in [0.5, 0.6) is 11.5 Å². The summed E-state index contributed by atoms with van der Waals surface area (Å²) in [5, 5.41) is 12.4. The maximum absolute atomic E-state index is 12.7. The number of amides is 1. The molecule has 0 spiro atoms. The minimum Gasteiger partial charge on any atom is -0.490 e. The smallest absolute Gasteiger partial charge is 0.266 e. The molecule has 3 aromatic rings. The highest BCUT2D eigenvalue weighted by Crippen LogP contribution is 2.35. The van der Waals surface area contributed by atoms with Crippen LogP contribution in [0.15, 0.2) is 70.7 Å². The van der Waals surface area contributed by atoms with Gasteiger partial charge in [0.05, 0.1) is 6.61 Å². The molecule has 0 unspecified atom stereocenters. The molecule has 0 atom stereocenters. The first-order valence-electron chi connectivity index (χ1n) is 10.5. The van der Waals surface area contributed by atoms with Gasteiger partial charge in [-0.15, -0.1) is 0 Å². The maximum atomic E-state index is 12.7. The molecule has 0 aliphatic rings. The minimum atomic E-state index is -0.476. The van der Waals surface area contributed by atoms with Gasteiger partial charge in [0.2, 0.25) is 0 Å². The van der Waals surface area contributed by atoms with E-state index in [1.807, 2.05) is 69.3 Å². The Labute approximate surface area is 202 Å². The number of anilines is 1. The van der Waals surface area contributed by atoms with Crippen LogP contribution >= 0.6 is 15.9 Å². The molecule has 0 saturated carbocycles. The number of benzene rings is 3. The van der Waals surface area contributed by atoms with Gasteiger partial charge in [-0.1, -0.05) is 64.0 Å². The highest BCUT2D eigenvalue weighted by molar-refractivity contribution is 9.10. The fraction of sp³-hybridized carbons (Fsp3) is 0.185. The number of aryl methyl sites for hydroxylation is 2. The van der Waals surface area contributed by atoms with E-state index < -0.39 is 5.91 Å². The number of hydrogen-bond donors (Lipinski definition) is 1. The summed E-state index contributed by atoms with van der Waals surface area (Å²) >= 11 is 3.53. The first kappa shape index (κ1) is 24.1. The molecule has 0 radical (unpaired) electrons. The third kappa shape index (κ3) is 6.47. The lowest BCUT2D eigenvalue weighted by atomic mass is 10.1. The van der Waals surface area contributed by atoms with Crippen molar-refractivity contribution < 1.29 is 14.3 Å². The summed E-state index contributed by atoms with van der Waals surface area (Å²) in [5.41, 5.74) is 4.43. The van der Waals surface area contributed by atoms with Crippen LogP contribution in [0.25, 0.3) is 6.08 Å². The lowest BCUT2D eigenvalue weighted by molar-refractivity contribution is -0.112. The van der Waals surface area contributed by atoms with Crippen molar-refractivity contribution in [2.45, 2.75) is 27.4 Å². The lowest BCUT2D eigenvalue weighted by Gasteiger charge is -2.14. The van der Waals surface area contributed by atoms with Crippen molar-refractivity contribution in [2.75, 3.05) is 11.9 Å². The predicted molar refractivity (Wildman–Crippen MR) is 134 cm³/mol. The Morgan fingerprint density at radius 3 is 2.42 bits per heavy atom. The van der Waals surface area contributed by atoms with Gasteiger partial charge >= 0.3 is 0 Å². The molecule has 5 nitrogen and oxygen atoms in total. The van der Waals surface area contributed by atoms with Crippen molar-refractivity contribution in [3.8, 4) is 17.6 Å². The number of nitriles is 1. The van der Waals surface area contributed by atoms with Gasteiger partial charge in [0.1, 0.15) is 18.2 Å². The monoisotopic (exact) mass is 504 g/mol. The Balaban J connectivity index is 1.85. The topological polar surface area (TPSA) is 71.3 Å². The molecule has 1 amide bonds. The number of halogens is 1. The molecule has 0 fully saturated rings. The van der Waals surface area contributed by atoms with Crippen LogP contribution in [-0.2, 0) is 11.4 Å². The molecule has 0 heterocycles. The minimum absolute atomic E-state index is 0.0188. The van der Waals surface area contributed by atoms with Crippen LogP contribution in [0.2, 0.25) is 0 Å². The number of carbonyl (C=O) groups is 1. The van der Waals surface area contributed by atoms with Crippen LogP contribution in [0.4, 0.5) is 5.69 Å². The summed E-state index contributed by atoms with van der Waals surface area (Å²) in [7, 11) is 0. The second kappa shape index (κ2) is 11.3. The van der Waals surface area contributed by atoms with Crippen LogP contribution < -0.4 is 14.8 Å². The second-order valence-corrected chi connectivity index (χ2v) is 8.32. The summed E-state index contributed by atoms with van der Waals surface area (Å²) in [5.74, 6) is 0.636. The summed E-state index contributed by atoms with van der Waals surface area (Å²) in [6.45, 7) is 6.66. The first-order valence-corrected chi connectivity index (χ1v) is 11.3. The average molecular weight is 505 g/mol. The quantitative estimate of drug-likeness (QED) is 0.277. The predicted octanol–water partition coefficient (Wildman–Crippen LogP) is 6.59. The number of nitrogens with one attached hydrogen (secondary N) is 1. The molecular formula is C27H25BrN2O3. The Hall–Kier alpha value is -3.56. The number of rotatable bonds is 8. The average Bonchev–Trinajstić information content (AvgIpc) is 2.80. The summed E-state index contributed by atoms with van der Waals surface area (Å²) in [6, 6.07) is 21.1. The van der Waals surface area contributed by atoms with Crippen molar-refractivity contribution in [3.63, 3.8) is 0 Å². The van der Waals surface area contributed by atoms with Crippen molar-refractivity contribution in [1.82, 2.24) is 0 Å². The van der Waals surface area contributed by atoms with Gasteiger partial charge < -0.3 is 14.8 Å². The van der Waals surface area contributed by atoms with Crippen LogP contribution in [0, 0.1) is 25.2 Å². The maximum Gasteiger partial charge on any atom is 0.266 e. The van der Waals surface area contributed by atoms with E-state index in [2.05, 4.69) is 21.2 Å². The Bertz CT molecular complexity index is 1210. The molecule has 0 aromatic heterocycles. The van der Waals surface area contributed by atoms with Gasteiger partial charge in [0, 0.05) is 10.2 Å². The second-order valence-electron chi connectivity index (χ2n) is 7.47. The van der Waals surface area contributed by atoms with Crippen molar-refractivity contribution in [1.29, 1.82) is 5.26 Å². The van der Waals surface area contributed by atoms with Crippen LogP contribution in [0.1, 0.15) is 29.2 Å². The van der Waals surface area contributed by atoms with Crippen molar-refractivity contribution in [2.24, 2.45) is 0 Å². The third-order valence-electron chi connectivity index (χ3n) is 4.94. The standard InChI is InChI=1S/C27H25BrN2O3/c1-4-32-25-14-21(13-22(16-29)27(31)30-24-8-6-5-7-19(24)3)23(28)15-26(25)33-17-20-11-9-18(2)10-12-20/h5-15H,4,17H2,1-3H3,(H,30,31)/b22-13+. The van der Waals surface area contributed by atoms with Gasteiger partial charge in [-0.2, -0.15) is 5.26 Å². The SMILES string of the molecule is CCOc1cc(/C=C(\C#N)C(=O)Nc2ccccc2C)c(Br)cc1OCc1ccc(C)cc1. The zero-order chi connectivity index (χ0) is 23.8. The highest BCUT2D eigenvalue weighted by Gasteiger charge is 2.15. The zero-order valence-electron chi connectivity index (χ0n) is 18.8. The van der Waals surface area contributed by atoms with E-state index in [-0.39, 0.29) is 5.57 Å². The number of para-hydroxylation sites is 1. The van der Waals surface area contributed by atoms with Crippen molar-refractivity contribution >= 4 is 33.6 Å². The van der Waals surface area contributed by atoms with Gasteiger partial charge in [-0.3, -0.25) is 4.79 Å². The number of hydrogen-bond acceptors (Lipinski definition) is 4. The fourth-order valence-electron chi connectivity index (χ4n) is 3.09. The van der Waals surface area contributed by atoms with E-state index in [0.717, 1.165) is 11.1 Å². The molecule has 33 heavy (non-hydrogen) atoms. The van der Waals surface area contributed by atoms with E-state index in [1.165, 1.54) is 11.6 Å². The molecule has 0 saturated heterocycles. The van der Waals surface area contributed by atoms with E-state index in [9.17, 15) is 10.1 Å². The normalized spacial score (nSPS) is 10.9. The van der Waals surface area contributed by atoms with Crippen LogP contribution in [-0.4, -0.2) is 12.5 Å². The molecule has 168 valence electrons. The zero-order valence-corrected chi connectivity index (χ0v) is 20.4. The number of nitrogens with zero attached hydrogens (tertiary/aromatic N) is 1. The lowest BCUT2D eigenvalue weighted by Crippen LogP contribution is -2.14. The van der Waals surface area contributed by atoms with Crippen molar-refractivity contribution in [3.05, 3.63) is 93.0 Å². The van der Waals surface area contributed by atoms with E-state index in [0.29, 0.717) is 40.4 Å². The number of ether oxygens (including phenoxy) is 2. The third-order valence-corrected chi connectivity index (χ3v) is 5.62. The molecule has 0 aliphatic carbocycles. The van der Waals surface area contributed by atoms with Gasteiger partial charge in [0.15, 0.2) is 11.5 Å². The molecule has 0 bridgehead atoms. The summed E-state index contributed by atoms with van der Waals surface area (Å²) < 4.78 is 12.5. The van der Waals surface area contributed by atoms with Crippen LogP contribution in [0.3, 0.4) is 0 Å². The van der Waals surface area contributed by atoms with Gasteiger partial charge in [-0.05, 0) is 61.7 Å². The van der Waals surface area contributed by atoms with E-state index in [4.69, 9.17) is 9.47 Å². The Morgan fingerprint density at radius 2 is 1.76 bits per heavy atom. The summed E-state index contributed by atoms with van der Waals surface area (Å²) in [6.07, 6.45) is 1.53. The Kier molecular flexibility index (Phi) is 8.28. The van der Waals surface area contributed by atoms with Gasteiger partial charge in [-0.25, -0.2) is 0 Å². The molecule has 6 heteroatoms. The molecule has 0 aliphatic heterocycles. The molecule has 3 aromatic carbocycles. The summed E-state index contributed by atoms with van der Waals surface area (Å²) in [4.78, 5) is 12.7.